The van der Waals surface area contributed by atoms with E-state index in [1.54, 1.807) is 24.3 Å². The minimum absolute atomic E-state index is 0.0418. The lowest BCUT2D eigenvalue weighted by molar-refractivity contribution is -0.124. The number of amides is 3. The number of fused-ring (bicyclic) bond motifs is 1. The molecule has 4 rings (SSSR count). The maximum Gasteiger partial charge on any atom is 0.329 e. The van der Waals surface area contributed by atoms with Crippen molar-refractivity contribution in [2.24, 2.45) is 0 Å². The Bertz CT molecular complexity index is 1430. The number of aromatic amines is 1. The van der Waals surface area contributed by atoms with Crippen molar-refractivity contribution in [1.29, 1.82) is 0 Å². The molecule has 2 heterocycles. The monoisotopic (exact) mass is 468 g/mol. The van der Waals surface area contributed by atoms with Crippen molar-refractivity contribution in [3.63, 3.8) is 0 Å². The van der Waals surface area contributed by atoms with Crippen LogP contribution in [0.4, 0.5) is 9.18 Å². The van der Waals surface area contributed by atoms with Crippen molar-refractivity contribution in [3.8, 4) is 0 Å². The molecule has 1 aliphatic rings. The number of nitrogens with one attached hydrogen (secondary N) is 2. The van der Waals surface area contributed by atoms with Crippen LogP contribution in [0.25, 0.3) is 17.0 Å². The van der Waals surface area contributed by atoms with E-state index in [4.69, 9.17) is 0 Å². The van der Waals surface area contributed by atoms with Gasteiger partial charge in [0.05, 0.1) is 15.8 Å². The first-order valence-corrected chi connectivity index (χ1v) is 10.7. The molecule has 11 heteroatoms. The quantitative estimate of drug-likeness (QED) is 0.531. The molecule has 0 spiro atoms. The van der Waals surface area contributed by atoms with Crippen LogP contribution in [0.2, 0.25) is 0 Å². The van der Waals surface area contributed by atoms with E-state index in [-0.39, 0.29) is 35.5 Å². The van der Waals surface area contributed by atoms with E-state index in [0.717, 1.165) is 9.47 Å². The van der Waals surface area contributed by atoms with Crippen LogP contribution in [0.5, 0.6) is 0 Å². The van der Waals surface area contributed by atoms with Gasteiger partial charge in [0, 0.05) is 18.7 Å². The second kappa shape index (κ2) is 9.25. The molecule has 0 aliphatic carbocycles. The number of hydrogen-bond donors (Lipinski definition) is 2. The van der Waals surface area contributed by atoms with Crippen LogP contribution >= 0.6 is 11.8 Å². The molecular weight excluding hydrogens is 451 g/mol. The molecule has 0 atom stereocenters. The van der Waals surface area contributed by atoms with Crippen molar-refractivity contribution in [3.05, 3.63) is 85.7 Å². The van der Waals surface area contributed by atoms with Gasteiger partial charge in [0.25, 0.3) is 16.7 Å². The van der Waals surface area contributed by atoms with Crippen molar-refractivity contribution in [1.82, 2.24) is 19.8 Å². The number of hydrogen-bond acceptors (Lipinski definition) is 6. The number of rotatable bonds is 6. The van der Waals surface area contributed by atoms with E-state index in [1.807, 2.05) is 0 Å². The third kappa shape index (κ3) is 4.62. The highest BCUT2D eigenvalue weighted by Gasteiger charge is 2.34. The summed E-state index contributed by atoms with van der Waals surface area (Å²) in [5.41, 5.74) is -0.770. The molecule has 0 radical (unpaired) electrons. The van der Waals surface area contributed by atoms with Gasteiger partial charge < -0.3 is 5.32 Å². The van der Waals surface area contributed by atoms with E-state index < -0.39 is 34.1 Å². The topological polar surface area (TPSA) is 121 Å². The Hall–Kier alpha value is -3.99. The van der Waals surface area contributed by atoms with Crippen LogP contribution in [-0.2, 0) is 16.1 Å². The summed E-state index contributed by atoms with van der Waals surface area (Å²) in [6.07, 6.45) is 1.31. The van der Waals surface area contributed by atoms with E-state index in [0.29, 0.717) is 17.3 Å². The maximum absolute atomic E-state index is 13.8. The zero-order valence-electron chi connectivity index (χ0n) is 17.0. The zero-order valence-corrected chi connectivity index (χ0v) is 17.9. The van der Waals surface area contributed by atoms with Gasteiger partial charge in [-0.3, -0.25) is 33.6 Å². The third-order valence-corrected chi connectivity index (χ3v) is 5.84. The fourth-order valence-corrected chi connectivity index (χ4v) is 4.19. The molecule has 2 N–H and O–H groups in total. The molecule has 168 valence electrons. The standard InChI is InChI=1S/C22H17FN4O5S/c23-15-7-3-1-5-13(15)11-17-20(30)26(22(32)33-17)10-9-24-18(28)12-27-16-8-4-2-6-14(16)19(29)25-21(27)31/h1-8,11H,9-10,12H2,(H,24,28)(H,25,29,31)/b17-11-. The van der Waals surface area contributed by atoms with E-state index in [1.165, 1.54) is 30.3 Å². The molecule has 0 saturated carbocycles. The highest BCUT2D eigenvalue weighted by Crippen LogP contribution is 2.32. The van der Waals surface area contributed by atoms with Gasteiger partial charge in [0.1, 0.15) is 12.4 Å². The van der Waals surface area contributed by atoms with Gasteiger partial charge in [-0.25, -0.2) is 9.18 Å². The minimum Gasteiger partial charge on any atom is -0.353 e. The van der Waals surface area contributed by atoms with Crippen LogP contribution in [0.3, 0.4) is 0 Å². The van der Waals surface area contributed by atoms with Crippen molar-refractivity contribution in [2.75, 3.05) is 13.1 Å². The normalized spacial score (nSPS) is 14.9. The SMILES string of the molecule is O=C(Cn1c(=O)[nH]c(=O)c2ccccc21)NCCN1C(=O)S/C(=C\c2ccccc2F)C1=O. The van der Waals surface area contributed by atoms with Gasteiger partial charge in [-0.15, -0.1) is 0 Å². The molecule has 33 heavy (non-hydrogen) atoms. The van der Waals surface area contributed by atoms with E-state index in [9.17, 15) is 28.4 Å². The average molecular weight is 468 g/mol. The second-order valence-corrected chi connectivity index (χ2v) is 8.06. The smallest absolute Gasteiger partial charge is 0.329 e. The molecule has 1 aromatic heterocycles. The highest BCUT2D eigenvalue weighted by molar-refractivity contribution is 8.18. The van der Waals surface area contributed by atoms with Gasteiger partial charge in [0.2, 0.25) is 5.91 Å². The average Bonchev–Trinajstić information content (AvgIpc) is 3.05. The van der Waals surface area contributed by atoms with Crippen LogP contribution in [0, 0.1) is 5.82 Å². The molecule has 9 nitrogen and oxygen atoms in total. The van der Waals surface area contributed by atoms with Crippen LogP contribution in [0.15, 0.2) is 63.0 Å². The summed E-state index contributed by atoms with van der Waals surface area (Å²) >= 11 is 0.691. The van der Waals surface area contributed by atoms with Crippen LogP contribution in [0.1, 0.15) is 5.56 Å². The van der Waals surface area contributed by atoms with Gasteiger partial charge in [-0.05, 0) is 36.0 Å². The first-order valence-electron chi connectivity index (χ1n) is 9.83. The predicted molar refractivity (Wildman–Crippen MR) is 121 cm³/mol. The van der Waals surface area contributed by atoms with Gasteiger partial charge >= 0.3 is 5.69 Å². The summed E-state index contributed by atoms with van der Waals surface area (Å²) in [6, 6.07) is 12.3. The van der Waals surface area contributed by atoms with Crippen LogP contribution in [-0.4, -0.2) is 44.6 Å². The van der Waals surface area contributed by atoms with Crippen molar-refractivity contribution in [2.45, 2.75) is 6.54 Å². The number of benzene rings is 2. The number of halogens is 1. The highest BCUT2D eigenvalue weighted by atomic mass is 32.2. The number of carbonyl (C=O) groups excluding carboxylic acids is 3. The lowest BCUT2D eigenvalue weighted by atomic mass is 10.2. The lowest BCUT2D eigenvalue weighted by Gasteiger charge is -2.14. The second-order valence-electron chi connectivity index (χ2n) is 7.07. The van der Waals surface area contributed by atoms with Crippen molar-refractivity contribution >= 4 is 45.8 Å². The number of para-hydroxylation sites is 1. The third-order valence-electron chi connectivity index (χ3n) is 4.93. The summed E-state index contributed by atoms with van der Waals surface area (Å²) in [5, 5.41) is 2.29. The maximum atomic E-state index is 13.8. The first-order chi connectivity index (χ1) is 15.8. The fraction of sp³-hybridized carbons (Fsp3) is 0.136. The van der Waals surface area contributed by atoms with Crippen molar-refractivity contribution < 1.29 is 18.8 Å². The molecule has 1 fully saturated rings. The number of thioether (sulfide) groups is 1. The molecule has 0 bridgehead atoms. The Morgan fingerprint density at radius 1 is 1.06 bits per heavy atom. The molecule has 3 aromatic rings. The number of nitrogens with zero attached hydrogens (tertiary/aromatic N) is 2. The Labute approximate surface area is 189 Å². The Morgan fingerprint density at radius 3 is 2.58 bits per heavy atom. The molecule has 1 aliphatic heterocycles. The van der Waals surface area contributed by atoms with E-state index >= 15 is 0 Å². The first kappa shape index (κ1) is 22.2. The Kier molecular flexibility index (Phi) is 6.22. The van der Waals surface area contributed by atoms with Gasteiger partial charge in [0.15, 0.2) is 0 Å². The summed E-state index contributed by atoms with van der Waals surface area (Å²) < 4.78 is 15.0. The molecule has 0 unspecified atom stereocenters. The number of imide groups is 1. The summed E-state index contributed by atoms with van der Waals surface area (Å²) in [6.45, 7) is -0.489. The molecular formula is C22H17FN4O5S. The molecule has 3 amide bonds. The predicted octanol–water partition coefficient (Wildman–Crippen LogP) is 1.68. The summed E-state index contributed by atoms with van der Waals surface area (Å²) in [7, 11) is 0. The summed E-state index contributed by atoms with van der Waals surface area (Å²) in [5.74, 6) is -1.63. The van der Waals surface area contributed by atoms with Gasteiger partial charge in [-0.1, -0.05) is 30.3 Å². The zero-order chi connectivity index (χ0) is 23.5. The Morgan fingerprint density at radius 2 is 1.79 bits per heavy atom. The number of H-pyrrole nitrogens is 1. The Balaban J connectivity index is 1.40. The molecule has 2 aromatic carbocycles. The number of carbonyl (C=O) groups is 3. The largest absolute Gasteiger partial charge is 0.353 e. The fourth-order valence-electron chi connectivity index (χ4n) is 3.33. The summed E-state index contributed by atoms with van der Waals surface area (Å²) in [4.78, 5) is 64.4. The lowest BCUT2D eigenvalue weighted by Crippen LogP contribution is -2.40. The van der Waals surface area contributed by atoms with Gasteiger partial charge in [-0.2, -0.15) is 0 Å². The minimum atomic E-state index is -0.724. The van der Waals surface area contributed by atoms with Crippen LogP contribution < -0.4 is 16.6 Å². The number of aromatic nitrogens is 2. The van der Waals surface area contributed by atoms with E-state index in [2.05, 4.69) is 10.3 Å². The molecule has 1 saturated heterocycles.